The molecule has 11 rings (SSSR count). The Hall–Kier alpha value is -4.90. The van der Waals surface area contributed by atoms with E-state index in [1.54, 1.807) is 0 Å². The number of ether oxygens (including phenoxy) is 6. The van der Waals surface area contributed by atoms with E-state index in [1.165, 1.54) is 14.2 Å². The van der Waals surface area contributed by atoms with Crippen LogP contribution in [0.4, 0.5) is 0 Å². The van der Waals surface area contributed by atoms with Crippen LogP contribution >= 0.6 is 0 Å². The molecule has 9 nitrogen and oxygen atoms in total. The van der Waals surface area contributed by atoms with Gasteiger partial charge in [0.15, 0.2) is 10.8 Å². The van der Waals surface area contributed by atoms with E-state index in [9.17, 15) is 0 Å². The first-order valence-electron chi connectivity index (χ1n) is 21.5. The van der Waals surface area contributed by atoms with Crippen molar-refractivity contribution >= 4 is 23.1 Å². The summed E-state index contributed by atoms with van der Waals surface area (Å²) >= 11 is 0. The molecule has 3 aliphatic heterocycles. The first kappa shape index (κ1) is 39.0. The van der Waals surface area contributed by atoms with Crippen molar-refractivity contribution in [2.45, 2.75) is 62.2 Å². The van der Waals surface area contributed by atoms with Crippen LogP contribution in [-0.4, -0.2) is 76.2 Å². The van der Waals surface area contributed by atoms with Crippen molar-refractivity contribution < 1.29 is 38.0 Å². The first-order chi connectivity index (χ1) is 29.4. The van der Waals surface area contributed by atoms with E-state index in [0.717, 1.165) is 33.4 Å². The van der Waals surface area contributed by atoms with Gasteiger partial charge in [-0.3, -0.25) is 9.59 Å². The van der Waals surface area contributed by atoms with Gasteiger partial charge in [0, 0.05) is 34.7 Å². The Bertz CT molecular complexity index is 2470. The smallest absolute Gasteiger partial charge is 0.323 e. The lowest BCUT2D eigenvalue weighted by molar-refractivity contribution is -0.345. The first-order valence-corrected chi connectivity index (χ1v) is 21.5. The standard InChI is InChI=1S/C52H53NO8/c1-45(2)29-58-51(59-30-45)47(35-23-15-9-16-24-35)27-38(34-21-13-8-14-22-34)50(51,44(55)57-6)42-39(47)40-41(53-42)48(36-25-17-10-18-26-36)28-37(33-19-11-7-12-20-33)49(40,43(54)56-5)52(48)60-31-46(3,4)32-61-52/h7-28,39-42,53H,29-32H2,1-6H3/t39-,40-,41+,42+,47+,48+,49+,50+/m1/s1. The van der Waals surface area contributed by atoms with Gasteiger partial charge in [-0.05, 0) is 33.4 Å². The Kier molecular flexibility index (Phi) is 8.20. The molecule has 4 aromatic rings. The molecule has 1 N–H and O–H groups in total. The maximum absolute atomic E-state index is 16.0. The summed E-state index contributed by atoms with van der Waals surface area (Å²) in [4.78, 5) is 31.6. The second-order valence-corrected chi connectivity index (χ2v) is 19.8. The Morgan fingerprint density at radius 3 is 1.34 bits per heavy atom. The third-order valence-corrected chi connectivity index (χ3v) is 15.5. The van der Waals surface area contributed by atoms with E-state index in [4.69, 9.17) is 28.4 Å². The molecule has 9 heteroatoms. The van der Waals surface area contributed by atoms with Gasteiger partial charge in [-0.1, -0.05) is 161 Å². The van der Waals surface area contributed by atoms with E-state index in [-0.39, 0.29) is 10.8 Å². The molecule has 7 aliphatic rings. The van der Waals surface area contributed by atoms with Gasteiger partial charge >= 0.3 is 11.9 Å². The topological polar surface area (TPSA) is 102 Å². The Balaban J connectivity index is 1.30. The molecule has 4 bridgehead atoms. The van der Waals surface area contributed by atoms with Crippen LogP contribution in [0.3, 0.4) is 0 Å². The summed E-state index contributed by atoms with van der Waals surface area (Å²) in [6.07, 6.45) is 4.48. The van der Waals surface area contributed by atoms with Crippen molar-refractivity contribution in [1.82, 2.24) is 5.32 Å². The summed E-state index contributed by atoms with van der Waals surface area (Å²) in [6, 6.07) is 39.5. The number of benzene rings is 4. The predicted octanol–water partition coefficient (Wildman–Crippen LogP) is 7.51. The summed E-state index contributed by atoms with van der Waals surface area (Å²) in [5, 5.41) is 4.21. The van der Waals surface area contributed by atoms with Crippen LogP contribution in [0, 0.1) is 33.5 Å². The number of esters is 2. The summed E-state index contributed by atoms with van der Waals surface area (Å²) in [5.74, 6) is -5.28. The molecule has 0 radical (unpaired) electrons. The monoisotopic (exact) mass is 819 g/mol. The van der Waals surface area contributed by atoms with Crippen molar-refractivity contribution in [3.63, 3.8) is 0 Å². The van der Waals surface area contributed by atoms with Gasteiger partial charge in [-0.2, -0.15) is 0 Å². The Morgan fingerprint density at radius 1 is 0.508 bits per heavy atom. The van der Waals surface area contributed by atoms with Gasteiger partial charge < -0.3 is 33.7 Å². The molecule has 5 fully saturated rings. The maximum Gasteiger partial charge on any atom is 0.323 e. The fourth-order valence-electron chi connectivity index (χ4n) is 13.5. The second kappa shape index (κ2) is 12.8. The van der Waals surface area contributed by atoms with Gasteiger partial charge in [0.1, 0.15) is 0 Å². The molecular formula is C52H53NO8. The van der Waals surface area contributed by atoms with Gasteiger partial charge in [-0.15, -0.1) is 0 Å². The minimum Gasteiger partial charge on any atom is -0.468 e. The molecule has 0 amide bonds. The number of carbonyl (C=O) groups is 2. The predicted molar refractivity (Wildman–Crippen MR) is 228 cm³/mol. The van der Waals surface area contributed by atoms with E-state index >= 15 is 9.59 Å². The minimum atomic E-state index is -1.61. The van der Waals surface area contributed by atoms with Crippen LogP contribution in [-0.2, 0) is 48.8 Å². The molecule has 8 atom stereocenters. The summed E-state index contributed by atoms with van der Waals surface area (Å²) in [5.41, 5.74) is -1.02. The number of carbonyl (C=O) groups excluding carboxylic acids is 2. The van der Waals surface area contributed by atoms with Gasteiger partial charge in [-0.25, -0.2) is 0 Å². The summed E-state index contributed by atoms with van der Waals surface area (Å²) in [7, 11) is 2.91. The van der Waals surface area contributed by atoms with Crippen LogP contribution in [0.15, 0.2) is 133 Å². The molecule has 2 spiro atoms. The average Bonchev–Trinajstić information content (AvgIpc) is 4.00. The normalized spacial score (nSPS) is 36.2. The van der Waals surface area contributed by atoms with Crippen LogP contribution in [0.1, 0.15) is 49.9 Å². The van der Waals surface area contributed by atoms with Crippen molar-refractivity contribution in [2.24, 2.45) is 33.5 Å². The molecule has 61 heavy (non-hydrogen) atoms. The minimum absolute atomic E-state index is 0.320. The van der Waals surface area contributed by atoms with Gasteiger partial charge in [0.05, 0.1) is 51.5 Å². The van der Waals surface area contributed by atoms with Gasteiger partial charge in [0.25, 0.3) is 0 Å². The number of hydrogen-bond acceptors (Lipinski definition) is 9. The fraction of sp³-hybridized carbons (Fsp3) is 0.423. The van der Waals surface area contributed by atoms with Crippen LogP contribution in [0.25, 0.3) is 11.1 Å². The van der Waals surface area contributed by atoms with Crippen LogP contribution in [0.2, 0.25) is 0 Å². The lowest BCUT2D eigenvalue weighted by Crippen LogP contribution is -2.68. The van der Waals surface area contributed by atoms with E-state index in [0.29, 0.717) is 26.4 Å². The number of hydrogen-bond donors (Lipinski definition) is 1. The average molecular weight is 820 g/mol. The highest BCUT2D eigenvalue weighted by molar-refractivity contribution is 6.04. The van der Waals surface area contributed by atoms with E-state index in [1.807, 2.05) is 84.9 Å². The molecule has 2 saturated carbocycles. The van der Waals surface area contributed by atoms with Crippen molar-refractivity contribution in [3.05, 3.63) is 156 Å². The quantitative estimate of drug-likeness (QED) is 0.198. The van der Waals surface area contributed by atoms with Gasteiger partial charge in [0.2, 0.25) is 11.6 Å². The fourth-order valence-corrected chi connectivity index (χ4v) is 13.5. The number of rotatable bonds is 6. The van der Waals surface area contributed by atoms with E-state index < -0.39 is 69.1 Å². The highest BCUT2D eigenvalue weighted by atomic mass is 16.7. The lowest BCUT2D eigenvalue weighted by Gasteiger charge is -2.55. The highest BCUT2D eigenvalue weighted by Crippen LogP contribution is 2.85. The highest BCUT2D eigenvalue weighted by Gasteiger charge is 2.97. The van der Waals surface area contributed by atoms with Crippen LogP contribution in [0.5, 0.6) is 0 Å². The molecular weight excluding hydrogens is 767 g/mol. The zero-order valence-electron chi connectivity index (χ0n) is 35.6. The third-order valence-electron chi connectivity index (χ3n) is 15.5. The summed E-state index contributed by atoms with van der Waals surface area (Å²) in [6.45, 7) is 9.78. The SMILES string of the molecule is COC(=O)[C@]12C(c3ccccc3)=C[C@](c3ccccc3)([C@@H]3[C@@H]4[C@H](N[C@@H]31)[C@@]1(c3ccccc3)C=C(c3ccccc3)[C@]4(C(=O)OC)C13OCC(C)(C)CO3)C21OCC(C)(C)CO1. The Morgan fingerprint density at radius 2 is 0.885 bits per heavy atom. The largest absolute Gasteiger partial charge is 0.468 e. The zero-order valence-corrected chi connectivity index (χ0v) is 35.6. The molecule has 4 aromatic carbocycles. The maximum atomic E-state index is 16.0. The molecule has 3 heterocycles. The number of nitrogens with one attached hydrogen (secondary N) is 1. The summed E-state index contributed by atoms with van der Waals surface area (Å²) < 4.78 is 41.9. The number of methoxy groups -OCH3 is 2. The van der Waals surface area contributed by atoms with Crippen molar-refractivity contribution in [2.75, 3.05) is 40.6 Å². The molecule has 0 aromatic heterocycles. The lowest BCUT2D eigenvalue weighted by atomic mass is 9.55. The molecule has 4 aliphatic carbocycles. The Labute approximate surface area is 357 Å². The second-order valence-electron chi connectivity index (χ2n) is 19.8. The molecule has 0 unspecified atom stereocenters. The molecule has 314 valence electrons. The van der Waals surface area contributed by atoms with Crippen molar-refractivity contribution in [1.29, 1.82) is 0 Å². The third kappa shape index (κ3) is 4.34. The van der Waals surface area contributed by atoms with Crippen LogP contribution < -0.4 is 5.32 Å². The van der Waals surface area contributed by atoms with Crippen molar-refractivity contribution in [3.8, 4) is 0 Å². The zero-order chi connectivity index (χ0) is 42.3. The van der Waals surface area contributed by atoms with E-state index in [2.05, 4.69) is 81.6 Å². The number of fused-ring (bicyclic) bond motifs is 7. The molecule has 3 saturated heterocycles.